The topological polar surface area (TPSA) is 50.9 Å². The maximum absolute atomic E-state index is 12.6. The van der Waals surface area contributed by atoms with Gasteiger partial charge >= 0.3 is 6.18 Å². The van der Waals surface area contributed by atoms with Crippen molar-refractivity contribution in [2.45, 2.75) is 12.7 Å². The van der Waals surface area contributed by atoms with Gasteiger partial charge in [0.1, 0.15) is 10.7 Å². The van der Waals surface area contributed by atoms with Crippen molar-refractivity contribution in [3.8, 4) is 0 Å². The Morgan fingerprint density at radius 2 is 2.00 bits per heavy atom. The van der Waals surface area contributed by atoms with Crippen LogP contribution in [0.5, 0.6) is 0 Å². The molecule has 0 atom stereocenters. The molecule has 1 aromatic carbocycles. The molecule has 0 aliphatic rings. The molecule has 0 radical (unpaired) electrons. The summed E-state index contributed by atoms with van der Waals surface area (Å²) in [7, 11) is 0. The monoisotopic (exact) mass is 311 g/mol. The number of benzene rings is 1. The van der Waals surface area contributed by atoms with Crippen molar-refractivity contribution in [2.24, 2.45) is 5.73 Å². The number of nitrogens with zero attached hydrogens (tertiary/aromatic N) is 1. The van der Waals surface area contributed by atoms with Crippen molar-refractivity contribution >= 4 is 22.9 Å². The number of halogens is 3. The first-order valence-electron chi connectivity index (χ1n) is 6.03. The fourth-order valence-electron chi connectivity index (χ4n) is 1.80. The van der Waals surface area contributed by atoms with Gasteiger partial charge in [-0.05, 0) is 29.8 Å². The first-order valence-corrected chi connectivity index (χ1v) is 6.43. The minimum atomic E-state index is -4.35. The lowest BCUT2D eigenvalue weighted by atomic mass is 10.1. The Labute approximate surface area is 125 Å². The highest BCUT2D eigenvalue weighted by molar-refractivity contribution is 7.80. The van der Waals surface area contributed by atoms with E-state index in [1.165, 1.54) is 6.07 Å². The van der Waals surface area contributed by atoms with Crippen molar-refractivity contribution < 1.29 is 13.2 Å². The number of aromatic nitrogens is 1. The number of rotatable bonds is 4. The van der Waals surface area contributed by atoms with E-state index in [0.717, 1.165) is 12.1 Å². The molecule has 0 aliphatic carbocycles. The van der Waals surface area contributed by atoms with Gasteiger partial charge in [-0.15, -0.1) is 0 Å². The van der Waals surface area contributed by atoms with Crippen LogP contribution >= 0.6 is 12.2 Å². The van der Waals surface area contributed by atoms with Gasteiger partial charge in [0.05, 0.1) is 11.3 Å². The fourth-order valence-corrected chi connectivity index (χ4v) is 1.96. The van der Waals surface area contributed by atoms with E-state index >= 15 is 0 Å². The summed E-state index contributed by atoms with van der Waals surface area (Å²) in [5.41, 5.74) is 6.37. The number of thiocarbonyl (C=S) groups is 1. The molecule has 0 aliphatic heterocycles. The zero-order valence-electron chi connectivity index (χ0n) is 10.8. The molecule has 2 aromatic rings. The minimum absolute atomic E-state index is 0.127. The third kappa shape index (κ3) is 3.91. The molecule has 21 heavy (non-hydrogen) atoms. The summed E-state index contributed by atoms with van der Waals surface area (Å²) in [6.07, 6.45) is -2.81. The number of alkyl halides is 3. The average molecular weight is 311 g/mol. The Bertz CT molecular complexity index is 656. The average Bonchev–Trinajstić information content (AvgIpc) is 2.45. The Hall–Kier alpha value is -2.15. The standard InChI is InChI=1S/C14H12F3N3S/c15-14(16,17)10-4-1-3-9(7-10)8-20-11-5-2-6-19-12(11)13(18)21/h1-7,20H,8H2,(H2,18,21). The summed E-state index contributed by atoms with van der Waals surface area (Å²) in [6.45, 7) is 0.214. The molecule has 1 aromatic heterocycles. The van der Waals surface area contributed by atoms with Gasteiger partial charge in [0.2, 0.25) is 0 Å². The SMILES string of the molecule is NC(=S)c1ncccc1NCc1cccc(C(F)(F)F)c1. The first kappa shape index (κ1) is 15.2. The van der Waals surface area contributed by atoms with Crippen molar-refractivity contribution in [1.29, 1.82) is 0 Å². The minimum Gasteiger partial charge on any atom is -0.388 e. The largest absolute Gasteiger partial charge is 0.416 e. The van der Waals surface area contributed by atoms with E-state index in [2.05, 4.69) is 10.3 Å². The predicted octanol–water partition coefficient (Wildman–Crippen LogP) is 3.35. The highest BCUT2D eigenvalue weighted by Gasteiger charge is 2.30. The maximum atomic E-state index is 12.6. The van der Waals surface area contributed by atoms with Gasteiger partial charge in [0.15, 0.2) is 0 Å². The Balaban J connectivity index is 2.16. The van der Waals surface area contributed by atoms with Crippen LogP contribution in [0, 0.1) is 0 Å². The molecule has 1 heterocycles. The summed E-state index contributed by atoms with van der Waals surface area (Å²) in [5.74, 6) is 0. The highest BCUT2D eigenvalue weighted by atomic mass is 32.1. The zero-order valence-corrected chi connectivity index (χ0v) is 11.6. The second-order valence-electron chi connectivity index (χ2n) is 4.32. The third-order valence-electron chi connectivity index (χ3n) is 2.78. The molecule has 7 heteroatoms. The molecule has 110 valence electrons. The number of anilines is 1. The molecule has 0 bridgehead atoms. The molecule has 0 fully saturated rings. The van der Waals surface area contributed by atoms with Crippen LogP contribution in [0.1, 0.15) is 16.8 Å². The Kier molecular flexibility index (Phi) is 4.42. The van der Waals surface area contributed by atoms with Crippen LogP contribution in [0.15, 0.2) is 42.6 Å². The van der Waals surface area contributed by atoms with E-state index in [4.69, 9.17) is 18.0 Å². The van der Waals surface area contributed by atoms with Crippen LogP contribution in [0.25, 0.3) is 0 Å². The first-order chi connectivity index (χ1) is 9.88. The summed E-state index contributed by atoms with van der Waals surface area (Å²) in [5, 5.41) is 2.99. The zero-order chi connectivity index (χ0) is 15.5. The summed E-state index contributed by atoms with van der Waals surface area (Å²) >= 11 is 4.88. The molecule has 0 saturated heterocycles. The number of hydrogen-bond donors (Lipinski definition) is 2. The van der Waals surface area contributed by atoms with Gasteiger partial charge in [0.25, 0.3) is 0 Å². The van der Waals surface area contributed by atoms with Crippen molar-refractivity contribution in [3.05, 3.63) is 59.4 Å². The smallest absolute Gasteiger partial charge is 0.388 e. The fraction of sp³-hybridized carbons (Fsp3) is 0.143. The summed E-state index contributed by atoms with van der Waals surface area (Å²) < 4.78 is 37.9. The molecular weight excluding hydrogens is 299 g/mol. The lowest BCUT2D eigenvalue weighted by molar-refractivity contribution is -0.137. The lowest BCUT2D eigenvalue weighted by Gasteiger charge is -2.12. The van der Waals surface area contributed by atoms with E-state index in [0.29, 0.717) is 16.9 Å². The van der Waals surface area contributed by atoms with Crippen molar-refractivity contribution in [2.75, 3.05) is 5.32 Å². The lowest BCUT2D eigenvalue weighted by Crippen LogP contribution is -2.15. The van der Waals surface area contributed by atoms with Gasteiger partial charge in [-0.2, -0.15) is 13.2 Å². The van der Waals surface area contributed by atoms with E-state index < -0.39 is 11.7 Å². The normalized spacial score (nSPS) is 11.2. The number of hydrogen-bond acceptors (Lipinski definition) is 3. The van der Waals surface area contributed by atoms with E-state index in [1.54, 1.807) is 24.4 Å². The van der Waals surface area contributed by atoms with Gasteiger partial charge < -0.3 is 11.1 Å². The van der Waals surface area contributed by atoms with Gasteiger partial charge in [0, 0.05) is 12.7 Å². The Morgan fingerprint density at radius 1 is 1.24 bits per heavy atom. The number of nitrogens with two attached hydrogens (primary N) is 1. The second-order valence-corrected chi connectivity index (χ2v) is 4.76. The number of pyridine rings is 1. The molecule has 0 unspecified atom stereocenters. The molecule has 0 amide bonds. The highest BCUT2D eigenvalue weighted by Crippen LogP contribution is 2.29. The summed E-state index contributed by atoms with van der Waals surface area (Å²) in [4.78, 5) is 4.17. The van der Waals surface area contributed by atoms with E-state index in [9.17, 15) is 13.2 Å². The quantitative estimate of drug-likeness (QED) is 0.850. The maximum Gasteiger partial charge on any atom is 0.416 e. The second kappa shape index (κ2) is 6.09. The van der Waals surface area contributed by atoms with E-state index in [-0.39, 0.29) is 11.5 Å². The molecule has 3 nitrogen and oxygen atoms in total. The predicted molar refractivity (Wildman–Crippen MR) is 78.9 cm³/mol. The summed E-state index contributed by atoms with van der Waals surface area (Å²) in [6, 6.07) is 8.53. The van der Waals surface area contributed by atoms with Crippen LogP contribution < -0.4 is 11.1 Å². The van der Waals surface area contributed by atoms with Crippen LogP contribution in [-0.2, 0) is 12.7 Å². The van der Waals surface area contributed by atoms with Gasteiger partial charge in [-0.1, -0.05) is 24.4 Å². The van der Waals surface area contributed by atoms with Crippen molar-refractivity contribution in [3.63, 3.8) is 0 Å². The third-order valence-corrected chi connectivity index (χ3v) is 2.97. The van der Waals surface area contributed by atoms with E-state index in [1.807, 2.05) is 0 Å². The molecular formula is C14H12F3N3S. The van der Waals surface area contributed by atoms with Gasteiger partial charge in [-0.25, -0.2) is 0 Å². The molecule has 0 saturated carbocycles. The van der Waals surface area contributed by atoms with Crippen molar-refractivity contribution in [1.82, 2.24) is 4.98 Å². The van der Waals surface area contributed by atoms with Crippen LogP contribution in [0.4, 0.5) is 18.9 Å². The van der Waals surface area contributed by atoms with Crippen LogP contribution in [0.3, 0.4) is 0 Å². The van der Waals surface area contributed by atoms with Gasteiger partial charge in [-0.3, -0.25) is 4.98 Å². The number of nitrogens with one attached hydrogen (secondary N) is 1. The van der Waals surface area contributed by atoms with Crippen LogP contribution in [0.2, 0.25) is 0 Å². The Morgan fingerprint density at radius 3 is 2.67 bits per heavy atom. The molecule has 0 spiro atoms. The molecule has 2 rings (SSSR count). The van der Waals surface area contributed by atoms with Crippen LogP contribution in [-0.4, -0.2) is 9.97 Å². The molecule has 3 N–H and O–H groups in total.